The number of hydrogen-bond donors (Lipinski definition) is 1. The minimum atomic E-state index is -0.314. The van der Waals surface area contributed by atoms with E-state index in [4.69, 9.17) is 4.74 Å². The maximum absolute atomic E-state index is 12.6. The SMILES string of the molecule is O=C([C@@H]1CNCCO1)N1CCC(c2cc(N3CCCC3)ncn2)CC1. The van der Waals surface area contributed by atoms with E-state index in [9.17, 15) is 4.79 Å². The van der Waals surface area contributed by atoms with Crippen molar-refractivity contribution < 1.29 is 9.53 Å². The molecule has 136 valence electrons. The van der Waals surface area contributed by atoms with E-state index in [2.05, 4.69) is 26.3 Å². The molecule has 1 atom stereocenters. The fourth-order valence-electron chi connectivity index (χ4n) is 4.03. The predicted molar refractivity (Wildman–Crippen MR) is 94.6 cm³/mol. The summed E-state index contributed by atoms with van der Waals surface area (Å²) in [6.45, 7) is 5.84. The molecule has 0 bridgehead atoms. The molecule has 0 aliphatic carbocycles. The molecular weight excluding hydrogens is 318 g/mol. The number of piperidine rings is 1. The Morgan fingerprint density at radius 3 is 2.68 bits per heavy atom. The highest BCUT2D eigenvalue weighted by Crippen LogP contribution is 2.29. The largest absolute Gasteiger partial charge is 0.366 e. The number of amides is 1. The molecule has 3 aliphatic heterocycles. The summed E-state index contributed by atoms with van der Waals surface area (Å²) in [6, 6.07) is 2.15. The Bertz CT molecular complexity index is 591. The van der Waals surface area contributed by atoms with Crippen LogP contribution in [0.25, 0.3) is 0 Å². The van der Waals surface area contributed by atoms with Gasteiger partial charge in [-0.15, -0.1) is 0 Å². The zero-order valence-corrected chi connectivity index (χ0v) is 14.7. The van der Waals surface area contributed by atoms with Gasteiger partial charge >= 0.3 is 0 Å². The van der Waals surface area contributed by atoms with Crippen molar-refractivity contribution in [2.75, 3.05) is 50.8 Å². The Morgan fingerprint density at radius 1 is 1.16 bits per heavy atom. The molecule has 3 fully saturated rings. The highest BCUT2D eigenvalue weighted by Gasteiger charge is 2.31. The molecule has 7 heteroatoms. The fraction of sp³-hybridized carbons (Fsp3) is 0.722. The first kappa shape index (κ1) is 16.7. The van der Waals surface area contributed by atoms with Crippen molar-refractivity contribution in [1.82, 2.24) is 20.2 Å². The van der Waals surface area contributed by atoms with Gasteiger partial charge in [0.2, 0.25) is 0 Å². The Labute approximate surface area is 148 Å². The van der Waals surface area contributed by atoms with E-state index in [0.717, 1.165) is 57.1 Å². The van der Waals surface area contributed by atoms with Crippen molar-refractivity contribution >= 4 is 11.7 Å². The third-order valence-electron chi connectivity index (χ3n) is 5.53. The molecule has 0 aromatic carbocycles. The standard InChI is InChI=1S/C18H27N5O2/c24-18(16-12-19-5-10-25-16)23-8-3-14(4-9-23)15-11-17(21-13-20-15)22-6-1-2-7-22/h11,13-14,16,19H,1-10,12H2/t16-/m0/s1. The molecular formula is C18H27N5O2. The second-order valence-electron chi connectivity index (χ2n) is 7.16. The molecule has 3 saturated heterocycles. The molecule has 25 heavy (non-hydrogen) atoms. The Hall–Kier alpha value is -1.73. The molecule has 0 radical (unpaired) electrons. The summed E-state index contributed by atoms with van der Waals surface area (Å²) in [4.78, 5) is 25.8. The zero-order valence-electron chi connectivity index (χ0n) is 14.7. The summed E-state index contributed by atoms with van der Waals surface area (Å²) in [7, 11) is 0. The zero-order chi connectivity index (χ0) is 17.1. The van der Waals surface area contributed by atoms with Gasteiger partial charge in [0.1, 0.15) is 18.2 Å². The molecule has 3 aliphatic rings. The second kappa shape index (κ2) is 7.66. The Morgan fingerprint density at radius 2 is 1.96 bits per heavy atom. The maximum Gasteiger partial charge on any atom is 0.253 e. The lowest BCUT2D eigenvalue weighted by atomic mass is 9.93. The van der Waals surface area contributed by atoms with Crippen molar-refractivity contribution in [3.05, 3.63) is 18.1 Å². The van der Waals surface area contributed by atoms with Crippen LogP contribution in [0, 0.1) is 0 Å². The lowest BCUT2D eigenvalue weighted by molar-refractivity contribution is -0.146. The van der Waals surface area contributed by atoms with Crippen molar-refractivity contribution in [3.8, 4) is 0 Å². The van der Waals surface area contributed by atoms with Gasteiger partial charge in [0, 0.05) is 56.9 Å². The Kier molecular flexibility index (Phi) is 5.12. The number of nitrogens with one attached hydrogen (secondary N) is 1. The summed E-state index contributed by atoms with van der Waals surface area (Å²) < 4.78 is 5.60. The minimum Gasteiger partial charge on any atom is -0.366 e. The quantitative estimate of drug-likeness (QED) is 0.873. The molecule has 1 aromatic heterocycles. The van der Waals surface area contributed by atoms with Crippen LogP contribution in [0.15, 0.2) is 12.4 Å². The second-order valence-corrected chi connectivity index (χ2v) is 7.16. The van der Waals surface area contributed by atoms with Gasteiger partial charge in [-0.2, -0.15) is 0 Å². The lowest BCUT2D eigenvalue weighted by Gasteiger charge is -2.35. The first-order chi connectivity index (χ1) is 12.3. The molecule has 0 unspecified atom stereocenters. The highest BCUT2D eigenvalue weighted by molar-refractivity contribution is 5.81. The van der Waals surface area contributed by atoms with E-state index in [0.29, 0.717) is 19.1 Å². The van der Waals surface area contributed by atoms with Gasteiger partial charge in [-0.25, -0.2) is 9.97 Å². The van der Waals surface area contributed by atoms with Gasteiger partial charge in [0.25, 0.3) is 5.91 Å². The number of rotatable bonds is 3. The topological polar surface area (TPSA) is 70.6 Å². The number of carbonyl (C=O) groups excluding carboxylic acids is 1. The van der Waals surface area contributed by atoms with Gasteiger partial charge in [-0.1, -0.05) is 0 Å². The van der Waals surface area contributed by atoms with Crippen LogP contribution in [0.4, 0.5) is 5.82 Å². The number of aromatic nitrogens is 2. The van der Waals surface area contributed by atoms with E-state index in [-0.39, 0.29) is 12.0 Å². The number of ether oxygens (including phenoxy) is 1. The van der Waals surface area contributed by atoms with Crippen LogP contribution in [0.1, 0.15) is 37.3 Å². The minimum absolute atomic E-state index is 0.131. The number of carbonyl (C=O) groups is 1. The van der Waals surface area contributed by atoms with Crippen molar-refractivity contribution in [1.29, 1.82) is 0 Å². The molecule has 0 saturated carbocycles. The molecule has 1 aromatic rings. The molecule has 0 spiro atoms. The van der Waals surface area contributed by atoms with Crippen molar-refractivity contribution in [3.63, 3.8) is 0 Å². The van der Waals surface area contributed by atoms with E-state index in [1.807, 2.05) is 4.90 Å². The van der Waals surface area contributed by atoms with Gasteiger partial charge < -0.3 is 19.9 Å². The summed E-state index contributed by atoms with van der Waals surface area (Å²) in [5, 5.41) is 3.23. The van der Waals surface area contributed by atoms with E-state index >= 15 is 0 Å². The Balaban J connectivity index is 1.35. The average molecular weight is 345 g/mol. The summed E-state index contributed by atoms with van der Waals surface area (Å²) >= 11 is 0. The lowest BCUT2D eigenvalue weighted by Crippen LogP contribution is -2.51. The van der Waals surface area contributed by atoms with Crippen molar-refractivity contribution in [2.24, 2.45) is 0 Å². The molecule has 1 amide bonds. The fourth-order valence-corrected chi connectivity index (χ4v) is 4.03. The molecule has 7 nitrogen and oxygen atoms in total. The normalized spacial score (nSPS) is 25.4. The average Bonchev–Trinajstić information content (AvgIpc) is 3.23. The van der Waals surface area contributed by atoms with E-state index in [1.54, 1.807) is 6.33 Å². The molecule has 1 N–H and O–H groups in total. The first-order valence-electron chi connectivity index (χ1n) is 9.49. The van der Waals surface area contributed by atoms with Gasteiger partial charge in [-0.3, -0.25) is 4.79 Å². The van der Waals surface area contributed by atoms with Crippen LogP contribution in [0.2, 0.25) is 0 Å². The molecule has 4 rings (SSSR count). The smallest absolute Gasteiger partial charge is 0.253 e. The van der Waals surface area contributed by atoms with Crippen LogP contribution >= 0.6 is 0 Å². The van der Waals surface area contributed by atoms with Gasteiger partial charge in [0.05, 0.1) is 6.61 Å². The van der Waals surface area contributed by atoms with E-state index < -0.39 is 0 Å². The van der Waals surface area contributed by atoms with Crippen LogP contribution in [0.5, 0.6) is 0 Å². The summed E-state index contributed by atoms with van der Waals surface area (Å²) in [6.07, 6.45) is 5.80. The number of nitrogens with zero attached hydrogens (tertiary/aromatic N) is 4. The van der Waals surface area contributed by atoms with Gasteiger partial charge in [0.15, 0.2) is 0 Å². The van der Waals surface area contributed by atoms with Crippen LogP contribution < -0.4 is 10.2 Å². The molecule has 4 heterocycles. The maximum atomic E-state index is 12.6. The first-order valence-corrected chi connectivity index (χ1v) is 9.49. The van der Waals surface area contributed by atoms with Gasteiger partial charge in [-0.05, 0) is 25.7 Å². The van der Waals surface area contributed by atoms with Crippen molar-refractivity contribution in [2.45, 2.75) is 37.7 Å². The summed E-state index contributed by atoms with van der Waals surface area (Å²) in [5.74, 6) is 1.60. The number of hydrogen-bond acceptors (Lipinski definition) is 6. The van der Waals surface area contributed by atoms with Crippen LogP contribution in [-0.2, 0) is 9.53 Å². The summed E-state index contributed by atoms with van der Waals surface area (Å²) in [5.41, 5.74) is 1.12. The number of morpholine rings is 1. The number of likely N-dealkylation sites (tertiary alicyclic amines) is 1. The third-order valence-corrected chi connectivity index (χ3v) is 5.53. The highest BCUT2D eigenvalue weighted by atomic mass is 16.5. The predicted octanol–water partition coefficient (Wildman–Crippen LogP) is 0.771. The van der Waals surface area contributed by atoms with Crippen LogP contribution in [-0.4, -0.2) is 72.8 Å². The monoisotopic (exact) mass is 345 g/mol. The van der Waals surface area contributed by atoms with E-state index in [1.165, 1.54) is 12.8 Å². The van der Waals surface area contributed by atoms with Crippen LogP contribution in [0.3, 0.4) is 0 Å². The third kappa shape index (κ3) is 3.77. The number of anilines is 1.